The maximum Gasteiger partial charge on any atom is 0.335 e. The van der Waals surface area contributed by atoms with Crippen LogP contribution in [0.4, 0.5) is 5.69 Å². The zero-order valence-corrected chi connectivity index (χ0v) is 20.2. The predicted octanol–water partition coefficient (Wildman–Crippen LogP) is 4.64. The third-order valence-corrected chi connectivity index (χ3v) is 6.76. The molecule has 0 amide bonds. The minimum Gasteiger partial charge on any atom is -0.496 e. The van der Waals surface area contributed by atoms with E-state index in [4.69, 9.17) is 13.9 Å². The molecular weight excluding hydrogens is 434 g/mol. The van der Waals surface area contributed by atoms with Crippen LogP contribution in [0.25, 0.3) is 11.3 Å². The highest BCUT2D eigenvalue weighted by Crippen LogP contribution is 2.44. The first-order valence-corrected chi connectivity index (χ1v) is 11.4. The Morgan fingerprint density at radius 1 is 1.38 bits per heavy atom. The molecule has 1 aliphatic rings. The SMILES string of the molecule is C=CC(C#N)C(C)[C@](C)(NC1CCOCC1)c1oc(-c2ccc(C(=O)O)cc2OC)cc1NC. The zero-order valence-electron chi connectivity index (χ0n) is 20.2. The monoisotopic (exact) mass is 467 g/mol. The Hall–Kier alpha value is -3.28. The normalized spacial score (nSPS) is 17.7. The molecule has 0 saturated carbocycles. The number of hydrogen-bond acceptors (Lipinski definition) is 7. The summed E-state index contributed by atoms with van der Waals surface area (Å²) >= 11 is 0. The summed E-state index contributed by atoms with van der Waals surface area (Å²) in [6, 6.07) is 9.11. The van der Waals surface area contributed by atoms with Gasteiger partial charge in [-0.05, 0) is 38.0 Å². The Labute approximate surface area is 200 Å². The van der Waals surface area contributed by atoms with Gasteiger partial charge >= 0.3 is 5.97 Å². The number of carboxylic acids is 1. The number of benzene rings is 1. The number of hydrogen-bond donors (Lipinski definition) is 3. The number of allylic oxidation sites excluding steroid dienone is 1. The molecule has 0 aliphatic carbocycles. The van der Waals surface area contributed by atoms with Gasteiger partial charge in [-0.15, -0.1) is 6.58 Å². The number of nitrogens with one attached hydrogen (secondary N) is 2. The Morgan fingerprint density at radius 2 is 2.09 bits per heavy atom. The van der Waals surface area contributed by atoms with E-state index < -0.39 is 17.4 Å². The summed E-state index contributed by atoms with van der Waals surface area (Å²) in [5.41, 5.74) is 0.830. The van der Waals surface area contributed by atoms with Crippen LogP contribution in [0.3, 0.4) is 0 Å². The van der Waals surface area contributed by atoms with Crippen molar-refractivity contribution in [2.75, 3.05) is 32.7 Å². The summed E-state index contributed by atoms with van der Waals surface area (Å²) < 4.78 is 17.5. The van der Waals surface area contributed by atoms with Crippen molar-refractivity contribution >= 4 is 11.7 Å². The lowest BCUT2D eigenvalue weighted by Gasteiger charge is -2.41. The Kier molecular flexibility index (Phi) is 8.02. The standard InChI is InChI=1S/C26H33N3O5/c1-6-17(15-27)16(2)26(3,29-19-9-11-33-12-10-19)24-21(28-4)14-23(34-24)20-8-7-18(25(30)31)13-22(20)32-5/h6-8,13-14,16-17,19,28-29H,1,9-12H2,2-5H3,(H,30,31)/t16?,17?,26-/m0/s1. The van der Waals surface area contributed by atoms with Crippen molar-refractivity contribution in [1.82, 2.24) is 5.32 Å². The van der Waals surface area contributed by atoms with Crippen molar-refractivity contribution in [3.63, 3.8) is 0 Å². The second-order valence-corrected chi connectivity index (χ2v) is 8.74. The lowest BCUT2D eigenvalue weighted by Crippen LogP contribution is -2.53. The molecule has 8 heteroatoms. The second-order valence-electron chi connectivity index (χ2n) is 8.74. The van der Waals surface area contributed by atoms with Gasteiger partial charge in [0.15, 0.2) is 0 Å². The van der Waals surface area contributed by atoms with Crippen LogP contribution < -0.4 is 15.4 Å². The molecule has 182 valence electrons. The van der Waals surface area contributed by atoms with Gasteiger partial charge in [-0.2, -0.15) is 5.26 Å². The number of carbonyl (C=O) groups is 1. The van der Waals surface area contributed by atoms with E-state index in [0.29, 0.717) is 36.0 Å². The minimum absolute atomic E-state index is 0.128. The van der Waals surface area contributed by atoms with E-state index in [9.17, 15) is 15.2 Å². The highest BCUT2D eigenvalue weighted by atomic mass is 16.5. The summed E-state index contributed by atoms with van der Waals surface area (Å²) in [5.74, 6) is -0.00552. The van der Waals surface area contributed by atoms with Gasteiger partial charge in [0.2, 0.25) is 0 Å². The van der Waals surface area contributed by atoms with E-state index in [1.807, 2.05) is 20.0 Å². The van der Waals surface area contributed by atoms with Gasteiger partial charge in [-0.3, -0.25) is 0 Å². The average molecular weight is 468 g/mol. The van der Waals surface area contributed by atoms with Gasteiger partial charge in [0.25, 0.3) is 0 Å². The quantitative estimate of drug-likeness (QED) is 0.433. The van der Waals surface area contributed by atoms with Crippen molar-refractivity contribution in [2.24, 2.45) is 11.8 Å². The molecule has 8 nitrogen and oxygen atoms in total. The van der Waals surface area contributed by atoms with Gasteiger partial charge < -0.3 is 29.6 Å². The van der Waals surface area contributed by atoms with Gasteiger partial charge in [0, 0.05) is 38.3 Å². The second kappa shape index (κ2) is 10.8. The molecule has 1 aromatic heterocycles. The van der Waals surface area contributed by atoms with E-state index in [1.54, 1.807) is 12.1 Å². The molecule has 0 spiro atoms. The first-order chi connectivity index (χ1) is 16.3. The summed E-state index contributed by atoms with van der Waals surface area (Å²) in [5, 5.41) is 26.1. The molecule has 2 unspecified atom stereocenters. The van der Waals surface area contributed by atoms with E-state index in [2.05, 4.69) is 30.2 Å². The summed E-state index contributed by atoms with van der Waals surface area (Å²) in [4.78, 5) is 11.4. The molecule has 1 aromatic carbocycles. The molecule has 1 fully saturated rings. The highest BCUT2D eigenvalue weighted by Gasteiger charge is 2.43. The number of ether oxygens (including phenoxy) is 2. The largest absolute Gasteiger partial charge is 0.496 e. The molecule has 1 aliphatic heterocycles. The van der Waals surface area contributed by atoms with Crippen molar-refractivity contribution in [1.29, 1.82) is 5.26 Å². The first-order valence-electron chi connectivity index (χ1n) is 11.4. The van der Waals surface area contributed by atoms with Gasteiger partial charge in [-0.25, -0.2) is 4.79 Å². The number of anilines is 1. The molecule has 2 heterocycles. The van der Waals surface area contributed by atoms with Crippen LogP contribution in [0, 0.1) is 23.2 Å². The van der Waals surface area contributed by atoms with Crippen LogP contribution in [0.2, 0.25) is 0 Å². The number of methoxy groups -OCH3 is 1. The van der Waals surface area contributed by atoms with Crippen molar-refractivity contribution in [3.8, 4) is 23.1 Å². The van der Waals surface area contributed by atoms with E-state index >= 15 is 0 Å². The van der Waals surface area contributed by atoms with Gasteiger partial charge in [0.05, 0.1) is 41.5 Å². The van der Waals surface area contributed by atoms with Crippen LogP contribution in [-0.2, 0) is 10.3 Å². The minimum atomic E-state index is -1.03. The molecule has 0 bridgehead atoms. The lowest BCUT2D eigenvalue weighted by atomic mass is 9.75. The maximum absolute atomic E-state index is 11.4. The van der Waals surface area contributed by atoms with Crippen LogP contribution >= 0.6 is 0 Å². The fourth-order valence-electron chi connectivity index (χ4n) is 4.52. The molecule has 2 aromatic rings. The number of nitrogens with zero attached hydrogens (tertiary/aromatic N) is 1. The van der Waals surface area contributed by atoms with Crippen LogP contribution in [-0.4, -0.2) is 44.5 Å². The summed E-state index contributed by atoms with van der Waals surface area (Å²) in [7, 11) is 3.31. The molecule has 3 atom stereocenters. The van der Waals surface area contributed by atoms with Crippen LogP contribution in [0.5, 0.6) is 5.75 Å². The molecule has 34 heavy (non-hydrogen) atoms. The fourth-order valence-corrected chi connectivity index (χ4v) is 4.52. The third kappa shape index (κ3) is 4.96. The van der Waals surface area contributed by atoms with E-state index in [1.165, 1.54) is 19.2 Å². The smallest absolute Gasteiger partial charge is 0.335 e. The fraction of sp³-hybridized carbons (Fsp3) is 0.462. The zero-order chi connectivity index (χ0) is 24.9. The molecule has 1 saturated heterocycles. The summed E-state index contributed by atoms with van der Waals surface area (Å²) in [6.07, 6.45) is 3.40. The summed E-state index contributed by atoms with van der Waals surface area (Å²) in [6.45, 7) is 9.30. The van der Waals surface area contributed by atoms with Gasteiger partial charge in [-0.1, -0.05) is 13.0 Å². The van der Waals surface area contributed by atoms with Crippen LogP contribution in [0.15, 0.2) is 41.3 Å². The highest BCUT2D eigenvalue weighted by molar-refractivity contribution is 5.89. The van der Waals surface area contributed by atoms with Gasteiger partial charge in [0.1, 0.15) is 17.3 Å². The number of nitriles is 1. The topological polar surface area (TPSA) is 117 Å². The van der Waals surface area contributed by atoms with Crippen molar-refractivity contribution in [2.45, 2.75) is 38.3 Å². The average Bonchev–Trinajstić information content (AvgIpc) is 3.30. The molecular formula is C26H33N3O5. The molecule has 3 rings (SSSR count). The van der Waals surface area contributed by atoms with Crippen molar-refractivity contribution in [3.05, 3.63) is 48.2 Å². The van der Waals surface area contributed by atoms with Crippen molar-refractivity contribution < 1.29 is 23.8 Å². The molecule has 3 N–H and O–H groups in total. The lowest BCUT2D eigenvalue weighted by molar-refractivity contribution is 0.0565. The number of rotatable bonds is 10. The van der Waals surface area contributed by atoms with Crippen LogP contribution in [0.1, 0.15) is 42.8 Å². The predicted molar refractivity (Wildman–Crippen MR) is 130 cm³/mol. The first kappa shape index (κ1) is 25.3. The van der Waals surface area contributed by atoms with E-state index in [-0.39, 0.29) is 17.5 Å². The molecule has 0 radical (unpaired) electrons. The van der Waals surface area contributed by atoms with E-state index in [0.717, 1.165) is 18.5 Å². The third-order valence-electron chi connectivity index (χ3n) is 6.76. The number of furan rings is 1. The Bertz CT molecular complexity index is 1070. The maximum atomic E-state index is 11.4. The Balaban J connectivity index is 2.12. The number of aromatic carboxylic acids is 1. The Morgan fingerprint density at radius 3 is 2.65 bits per heavy atom. The number of carboxylic acid groups (broad SMARTS) is 1.